The molecule has 0 N–H and O–H groups in total. The van der Waals surface area contributed by atoms with Crippen molar-refractivity contribution in [2.24, 2.45) is 0 Å². The van der Waals surface area contributed by atoms with Crippen LogP contribution in [0.2, 0.25) is 0 Å². The molecule has 0 saturated heterocycles. The van der Waals surface area contributed by atoms with E-state index >= 15 is 0 Å². The normalized spacial score (nSPS) is 10.7. The minimum Gasteiger partial charge on any atom is -0.457 e. The van der Waals surface area contributed by atoms with Gasteiger partial charge in [0.15, 0.2) is 0 Å². The zero-order valence-corrected chi connectivity index (χ0v) is 9.57. The number of benzene rings is 1. The van der Waals surface area contributed by atoms with E-state index in [9.17, 15) is 0 Å². The molecule has 0 atom stereocenters. The van der Waals surface area contributed by atoms with E-state index < -0.39 is 0 Å². The molecule has 1 nitrogen and oxygen atoms in total. The van der Waals surface area contributed by atoms with Crippen molar-refractivity contribution >= 4 is 5.57 Å². The third-order valence-corrected chi connectivity index (χ3v) is 2.05. The van der Waals surface area contributed by atoms with Crippen LogP contribution in [-0.2, 0) is 0 Å². The number of hydrogen-bond acceptors (Lipinski definition) is 1. The van der Waals surface area contributed by atoms with E-state index in [1.54, 1.807) is 18.2 Å². The van der Waals surface area contributed by atoms with Crippen LogP contribution >= 0.6 is 0 Å². The van der Waals surface area contributed by atoms with Crippen molar-refractivity contribution < 1.29 is 4.74 Å². The summed E-state index contributed by atoms with van der Waals surface area (Å²) in [6, 6.07) is 7.78. The molecular weight excluding hydrogens is 196 g/mol. The van der Waals surface area contributed by atoms with Crippen LogP contribution in [0.5, 0.6) is 5.75 Å². The maximum atomic E-state index is 5.63. The quantitative estimate of drug-likeness (QED) is 0.520. The minimum atomic E-state index is 0.675. The van der Waals surface area contributed by atoms with Crippen LogP contribution in [0.3, 0.4) is 0 Å². The summed E-state index contributed by atoms with van der Waals surface area (Å²) in [5.74, 6) is 1.45. The lowest BCUT2D eigenvalue weighted by atomic mass is 10.1. The molecule has 0 aliphatic heterocycles. The summed E-state index contributed by atoms with van der Waals surface area (Å²) >= 11 is 0. The molecule has 0 aliphatic carbocycles. The highest BCUT2D eigenvalue weighted by Crippen LogP contribution is 2.20. The molecule has 82 valence electrons. The van der Waals surface area contributed by atoms with E-state index in [-0.39, 0.29) is 0 Å². The van der Waals surface area contributed by atoms with Gasteiger partial charge in [-0.05, 0) is 36.8 Å². The number of hydrogen-bond donors (Lipinski definition) is 0. The van der Waals surface area contributed by atoms with Crippen molar-refractivity contribution in [2.45, 2.75) is 6.92 Å². The summed E-state index contributed by atoms with van der Waals surface area (Å²) in [6.07, 6.45) is 5.08. The van der Waals surface area contributed by atoms with E-state index in [0.29, 0.717) is 5.76 Å². The Labute approximate surface area is 97.1 Å². The van der Waals surface area contributed by atoms with E-state index in [2.05, 4.69) is 19.7 Å². The average Bonchev–Trinajstić information content (AvgIpc) is 2.29. The summed E-state index contributed by atoms with van der Waals surface area (Å²) < 4.78 is 5.63. The third-order valence-electron chi connectivity index (χ3n) is 2.05. The zero-order valence-electron chi connectivity index (χ0n) is 9.57. The summed E-state index contributed by atoms with van der Waals surface area (Å²) in [5, 5.41) is 0. The third kappa shape index (κ3) is 3.28. The fourth-order valence-electron chi connectivity index (χ4n) is 1.22. The second-order valence-electron chi connectivity index (χ2n) is 3.42. The SMILES string of the molecule is C=C/C=C(\C=C)Oc1cccc(C(=C)C)c1. The Kier molecular flexibility index (Phi) is 4.34. The van der Waals surface area contributed by atoms with E-state index in [1.165, 1.54) is 0 Å². The van der Waals surface area contributed by atoms with Gasteiger partial charge in [0.2, 0.25) is 0 Å². The first-order valence-electron chi connectivity index (χ1n) is 5.06. The van der Waals surface area contributed by atoms with Gasteiger partial charge in [-0.15, -0.1) is 0 Å². The molecule has 0 radical (unpaired) electrons. The zero-order chi connectivity index (χ0) is 12.0. The van der Waals surface area contributed by atoms with Crippen molar-refractivity contribution in [1.82, 2.24) is 0 Å². The molecule has 1 aromatic carbocycles. The van der Waals surface area contributed by atoms with Gasteiger partial charge in [-0.3, -0.25) is 0 Å². The largest absolute Gasteiger partial charge is 0.457 e. The van der Waals surface area contributed by atoms with Crippen LogP contribution in [0.1, 0.15) is 12.5 Å². The average molecular weight is 212 g/mol. The molecule has 0 saturated carbocycles. The Bertz CT molecular complexity index is 439. The summed E-state index contributed by atoms with van der Waals surface area (Å²) in [6.45, 7) is 13.2. The van der Waals surface area contributed by atoms with Gasteiger partial charge in [0.1, 0.15) is 11.5 Å². The van der Waals surface area contributed by atoms with Crippen molar-refractivity contribution in [1.29, 1.82) is 0 Å². The van der Waals surface area contributed by atoms with Gasteiger partial charge in [-0.2, -0.15) is 0 Å². The van der Waals surface area contributed by atoms with Crippen molar-refractivity contribution in [2.75, 3.05) is 0 Å². The van der Waals surface area contributed by atoms with Crippen LogP contribution in [0.4, 0.5) is 0 Å². The Balaban J connectivity index is 2.92. The van der Waals surface area contributed by atoms with Gasteiger partial charge in [0.05, 0.1) is 0 Å². The lowest BCUT2D eigenvalue weighted by molar-refractivity contribution is 0.445. The highest BCUT2D eigenvalue weighted by atomic mass is 16.5. The molecule has 0 aromatic heterocycles. The number of rotatable bonds is 5. The van der Waals surface area contributed by atoms with Gasteiger partial charge in [0.25, 0.3) is 0 Å². The Morgan fingerprint density at radius 3 is 2.62 bits per heavy atom. The first-order valence-corrected chi connectivity index (χ1v) is 5.06. The van der Waals surface area contributed by atoms with Crippen molar-refractivity contribution in [3.05, 3.63) is 73.6 Å². The maximum absolute atomic E-state index is 5.63. The molecule has 1 rings (SSSR count). The molecule has 16 heavy (non-hydrogen) atoms. The summed E-state index contributed by atoms with van der Waals surface area (Å²) in [5.41, 5.74) is 2.08. The van der Waals surface area contributed by atoms with Gasteiger partial charge in [-0.25, -0.2) is 0 Å². The molecule has 1 aromatic rings. The second-order valence-corrected chi connectivity index (χ2v) is 3.42. The van der Waals surface area contributed by atoms with Crippen LogP contribution in [0.15, 0.2) is 68.0 Å². The Morgan fingerprint density at radius 2 is 2.06 bits per heavy atom. The Morgan fingerprint density at radius 1 is 1.31 bits per heavy atom. The monoisotopic (exact) mass is 212 g/mol. The van der Waals surface area contributed by atoms with E-state index in [1.807, 2.05) is 31.2 Å². The molecule has 0 spiro atoms. The molecule has 0 heterocycles. The standard InChI is InChI=1S/C15H16O/c1-5-8-14(6-2)16-15-10-7-9-13(11-15)12(3)4/h5-11H,1-3H2,4H3/b14-8+. The topological polar surface area (TPSA) is 9.23 Å². The van der Waals surface area contributed by atoms with Gasteiger partial charge < -0.3 is 4.74 Å². The Hall–Kier alpha value is -2.02. The molecule has 1 heteroatoms. The fourth-order valence-corrected chi connectivity index (χ4v) is 1.22. The van der Waals surface area contributed by atoms with Crippen LogP contribution in [0.25, 0.3) is 5.57 Å². The summed E-state index contributed by atoms with van der Waals surface area (Å²) in [4.78, 5) is 0. The molecular formula is C15H16O. The molecule has 0 aliphatic rings. The lowest BCUT2D eigenvalue weighted by Gasteiger charge is -2.07. The predicted octanol–water partition coefficient (Wildman–Crippen LogP) is 4.35. The predicted molar refractivity (Wildman–Crippen MR) is 70.3 cm³/mol. The first kappa shape index (κ1) is 12.1. The van der Waals surface area contributed by atoms with Crippen LogP contribution in [-0.4, -0.2) is 0 Å². The molecule has 0 unspecified atom stereocenters. The van der Waals surface area contributed by atoms with Gasteiger partial charge in [0, 0.05) is 0 Å². The van der Waals surface area contributed by atoms with Crippen molar-refractivity contribution in [3.8, 4) is 5.75 Å². The smallest absolute Gasteiger partial charge is 0.128 e. The van der Waals surface area contributed by atoms with Crippen LogP contribution < -0.4 is 4.74 Å². The fraction of sp³-hybridized carbons (Fsp3) is 0.0667. The highest BCUT2D eigenvalue weighted by Gasteiger charge is 1.98. The van der Waals surface area contributed by atoms with Gasteiger partial charge in [-0.1, -0.05) is 43.5 Å². The first-order chi connectivity index (χ1) is 7.67. The number of ether oxygens (including phenoxy) is 1. The van der Waals surface area contributed by atoms with Crippen LogP contribution in [0, 0.1) is 0 Å². The number of allylic oxidation sites excluding steroid dienone is 4. The second kappa shape index (κ2) is 5.76. The molecule has 0 fully saturated rings. The minimum absolute atomic E-state index is 0.675. The highest BCUT2D eigenvalue weighted by molar-refractivity contribution is 5.62. The van der Waals surface area contributed by atoms with E-state index in [4.69, 9.17) is 4.74 Å². The maximum Gasteiger partial charge on any atom is 0.128 e. The molecule has 0 bridgehead atoms. The summed E-state index contributed by atoms with van der Waals surface area (Å²) in [7, 11) is 0. The lowest BCUT2D eigenvalue weighted by Crippen LogP contribution is -1.92. The molecule has 0 amide bonds. The van der Waals surface area contributed by atoms with Gasteiger partial charge >= 0.3 is 0 Å². The van der Waals surface area contributed by atoms with Crippen molar-refractivity contribution in [3.63, 3.8) is 0 Å². The van der Waals surface area contributed by atoms with E-state index in [0.717, 1.165) is 16.9 Å².